The first-order valence-corrected chi connectivity index (χ1v) is 9.14. The second kappa shape index (κ2) is 10.1. The number of pyridine rings is 1. The van der Waals surface area contributed by atoms with Gasteiger partial charge in [0.2, 0.25) is 0 Å². The van der Waals surface area contributed by atoms with Gasteiger partial charge >= 0.3 is 5.91 Å². The first kappa shape index (κ1) is 20.9. The summed E-state index contributed by atoms with van der Waals surface area (Å²) in [6.07, 6.45) is 1.38. The third-order valence-electron chi connectivity index (χ3n) is 3.69. The van der Waals surface area contributed by atoms with Crippen LogP contribution in [-0.2, 0) is 11.4 Å². The number of para-hydroxylation sites is 1. The fraction of sp³-hybridized carbons (Fsp3) is 0.100. The first-order valence-electron chi connectivity index (χ1n) is 8.77. The second-order valence-corrected chi connectivity index (χ2v) is 6.35. The number of aromatic nitrogens is 1. The van der Waals surface area contributed by atoms with Crippen molar-refractivity contribution >= 4 is 29.3 Å². The lowest BCUT2D eigenvalue weighted by atomic mass is 10.3. The Balaban J connectivity index is 1.41. The van der Waals surface area contributed by atoms with E-state index >= 15 is 0 Å². The maximum atomic E-state index is 12.1. The topological polar surface area (TPSA) is 123 Å². The molecule has 0 unspecified atom stereocenters. The van der Waals surface area contributed by atoms with E-state index in [9.17, 15) is 14.4 Å². The van der Waals surface area contributed by atoms with Crippen LogP contribution in [0.3, 0.4) is 0 Å². The fourth-order valence-electron chi connectivity index (χ4n) is 2.26. The van der Waals surface area contributed by atoms with E-state index in [-0.39, 0.29) is 24.6 Å². The van der Waals surface area contributed by atoms with Crippen LogP contribution in [0.2, 0.25) is 5.02 Å². The average molecular weight is 429 g/mol. The summed E-state index contributed by atoms with van der Waals surface area (Å²) < 4.78 is 10.9. The van der Waals surface area contributed by atoms with E-state index in [0.29, 0.717) is 16.5 Å². The highest BCUT2D eigenvalue weighted by atomic mass is 35.5. The maximum Gasteiger partial charge on any atom is 0.305 e. The Morgan fingerprint density at radius 2 is 1.80 bits per heavy atom. The third-order valence-corrected chi connectivity index (χ3v) is 3.92. The molecule has 0 aliphatic heterocycles. The van der Waals surface area contributed by atoms with Crippen LogP contribution < -0.4 is 20.9 Å². The lowest BCUT2D eigenvalue weighted by molar-refractivity contribution is -0.120. The number of amides is 3. The molecule has 0 spiro atoms. The largest absolute Gasteiger partial charge is 0.486 e. The van der Waals surface area contributed by atoms with Crippen LogP contribution in [0, 0.1) is 0 Å². The van der Waals surface area contributed by atoms with Gasteiger partial charge in [0.25, 0.3) is 11.8 Å². The Morgan fingerprint density at radius 3 is 2.57 bits per heavy atom. The highest BCUT2D eigenvalue weighted by Crippen LogP contribution is 2.13. The molecular weight excluding hydrogens is 412 g/mol. The number of rotatable bonds is 7. The van der Waals surface area contributed by atoms with Crippen molar-refractivity contribution in [3.63, 3.8) is 0 Å². The zero-order valence-electron chi connectivity index (χ0n) is 15.6. The summed E-state index contributed by atoms with van der Waals surface area (Å²) in [6, 6.07) is 15.1. The van der Waals surface area contributed by atoms with Gasteiger partial charge in [-0.25, -0.2) is 0 Å². The molecule has 2 heterocycles. The van der Waals surface area contributed by atoms with Crippen molar-refractivity contribution in [2.45, 2.75) is 6.61 Å². The summed E-state index contributed by atoms with van der Waals surface area (Å²) >= 11 is 5.78. The van der Waals surface area contributed by atoms with Gasteiger partial charge < -0.3 is 14.5 Å². The zero-order chi connectivity index (χ0) is 21.3. The number of benzene rings is 1. The van der Waals surface area contributed by atoms with E-state index in [1.54, 1.807) is 18.2 Å². The number of carbonyl (C=O) groups is 3. The van der Waals surface area contributed by atoms with Gasteiger partial charge in [0, 0.05) is 11.2 Å². The Bertz CT molecular complexity index is 1040. The number of hydrazine groups is 1. The van der Waals surface area contributed by atoms with Crippen LogP contribution in [0.1, 0.15) is 26.8 Å². The number of halogens is 1. The summed E-state index contributed by atoms with van der Waals surface area (Å²) in [5.74, 6) is -0.768. The van der Waals surface area contributed by atoms with Crippen LogP contribution in [0.5, 0.6) is 5.75 Å². The van der Waals surface area contributed by atoms with Crippen molar-refractivity contribution < 1.29 is 23.5 Å². The van der Waals surface area contributed by atoms with E-state index in [0.717, 1.165) is 0 Å². The highest BCUT2D eigenvalue weighted by molar-refractivity contribution is 6.30. The molecule has 0 saturated carbocycles. The van der Waals surface area contributed by atoms with Crippen molar-refractivity contribution in [3.05, 3.63) is 83.0 Å². The Hall–Kier alpha value is -3.85. The number of nitrogens with zero attached hydrogens (tertiary/aromatic N) is 1. The van der Waals surface area contributed by atoms with Crippen LogP contribution in [0.4, 0.5) is 0 Å². The molecule has 0 saturated heterocycles. The molecule has 9 nitrogen and oxygen atoms in total. The minimum atomic E-state index is -0.655. The first-order chi connectivity index (χ1) is 14.5. The number of hydrogen-bond donors (Lipinski definition) is 3. The molecule has 3 rings (SSSR count). The standard InChI is InChI=1S/C20H17ClN4O5/c21-13-8-9-22-16(10-13)19(27)23-11-18(26)24-25-20(28)17-7-6-15(30-17)12-29-14-4-2-1-3-5-14/h1-10H,11-12H2,(H,23,27)(H,24,26)(H,25,28). The molecule has 10 heteroatoms. The number of furan rings is 1. The summed E-state index contributed by atoms with van der Waals surface area (Å²) in [4.78, 5) is 39.6. The Morgan fingerprint density at radius 1 is 1.00 bits per heavy atom. The maximum absolute atomic E-state index is 12.1. The lowest BCUT2D eigenvalue weighted by Crippen LogP contribution is -2.46. The normalized spacial score (nSPS) is 10.2. The van der Waals surface area contributed by atoms with Crippen LogP contribution in [-0.4, -0.2) is 29.3 Å². The third kappa shape index (κ3) is 6.08. The smallest absolute Gasteiger partial charge is 0.305 e. The van der Waals surface area contributed by atoms with Gasteiger partial charge in [0.1, 0.15) is 23.8 Å². The van der Waals surface area contributed by atoms with Crippen molar-refractivity contribution in [1.82, 2.24) is 21.2 Å². The van der Waals surface area contributed by atoms with Crippen molar-refractivity contribution in [3.8, 4) is 5.75 Å². The summed E-state index contributed by atoms with van der Waals surface area (Å²) in [5.41, 5.74) is 4.44. The van der Waals surface area contributed by atoms with E-state index in [1.165, 1.54) is 24.4 Å². The molecule has 3 amide bonds. The van der Waals surface area contributed by atoms with Gasteiger partial charge in [0.05, 0.1) is 6.54 Å². The summed E-state index contributed by atoms with van der Waals surface area (Å²) in [5, 5.41) is 2.71. The summed E-state index contributed by atoms with van der Waals surface area (Å²) in [6.45, 7) is -0.227. The fourth-order valence-corrected chi connectivity index (χ4v) is 2.42. The quantitative estimate of drug-likeness (QED) is 0.495. The number of ether oxygens (including phenoxy) is 1. The minimum Gasteiger partial charge on any atom is -0.486 e. The van der Waals surface area contributed by atoms with E-state index in [4.69, 9.17) is 20.8 Å². The van der Waals surface area contributed by atoms with Gasteiger partial charge in [-0.2, -0.15) is 0 Å². The molecule has 30 heavy (non-hydrogen) atoms. The number of hydrogen-bond acceptors (Lipinski definition) is 6. The molecule has 0 aliphatic rings. The lowest BCUT2D eigenvalue weighted by Gasteiger charge is -2.07. The van der Waals surface area contributed by atoms with Crippen molar-refractivity contribution in [2.24, 2.45) is 0 Å². The zero-order valence-corrected chi connectivity index (χ0v) is 16.3. The molecule has 0 bridgehead atoms. The van der Waals surface area contributed by atoms with Gasteiger partial charge in [-0.1, -0.05) is 29.8 Å². The van der Waals surface area contributed by atoms with Gasteiger partial charge in [0.15, 0.2) is 5.76 Å². The molecule has 154 valence electrons. The molecule has 0 atom stereocenters. The van der Waals surface area contributed by atoms with Gasteiger partial charge in [-0.05, 0) is 36.4 Å². The molecule has 0 fully saturated rings. The van der Waals surface area contributed by atoms with Gasteiger partial charge in [-0.3, -0.25) is 30.2 Å². The van der Waals surface area contributed by atoms with Crippen LogP contribution in [0.25, 0.3) is 0 Å². The molecule has 0 radical (unpaired) electrons. The van der Waals surface area contributed by atoms with Crippen molar-refractivity contribution in [1.29, 1.82) is 0 Å². The van der Waals surface area contributed by atoms with Crippen LogP contribution >= 0.6 is 11.6 Å². The molecule has 1 aromatic carbocycles. The molecule has 0 aliphatic carbocycles. The number of carbonyl (C=O) groups excluding carboxylic acids is 3. The molecular formula is C20H17ClN4O5. The van der Waals surface area contributed by atoms with Crippen molar-refractivity contribution in [2.75, 3.05) is 6.54 Å². The molecule has 2 aromatic heterocycles. The Kier molecular flexibility index (Phi) is 7.01. The summed E-state index contributed by atoms with van der Waals surface area (Å²) in [7, 11) is 0. The SMILES string of the molecule is O=C(CNC(=O)c1cc(Cl)ccn1)NNC(=O)c1ccc(COc2ccccc2)o1. The van der Waals surface area contributed by atoms with Gasteiger partial charge in [-0.15, -0.1) is 0 Å². The predicted octanol–water partition coefficient (Wildman–Crippen LogP) is 2.10. The molecule has 3 N–H and O–H groups in total. The van der Waals surface area contributed by atoms with E-state index in [1.807, 2.05) is 18.2 Å². The van der Waals surface area contributed by atoms with E-state index < -0.39 is 17.7 Å². The average Bonchev–Trinajstić information content (AvgIpc) is 3.24. The van der Waals surface area contributed by atoms with E-state index in [2.05, 4.69) is 21.2 Å². The Labute approximate surface area is 176 Å². The monoisotopic (exact) mass is 428 g/mol. The van der Waals surface area contributed by atoms with Crippen LogP contribution in [0.15, 0.2) is 65.2 Å². The number of nitrogens with one attached hydrogen (secondary N) is 3. The predicted molar refractivity (Wildman–Crippen MR) is 107 cm³/mol. The highest BCUT2D eigenvalue weighted by Gasteiger charge is 2.14. The minimum absolute atomic E-state index is 0.00544. The second-order valence-electron chi connectivity index (χ2n) is 5.91. The molecule has 3 aromatic rings.